The molecule has 3 heteroatoms. The van der Waals surface area contributed by atoms with Gasteiger partial charge in [0, 0.05) is 10.8 Å². The highest BCUT2D eigenvalue weighted by Gasteiger charge is 2.35. The number of Topliss-reactive ketones (excluding diaryl/α,β-unsaturated/α-hetero) is 1. The molecular weight excluding hydrogens is 230 g/mol. The third kappa shape index (κ3) is 2.01. The topological polar surface area (TPSA) is 43.1 Å². The first-order chi connectivity index (χ1) is 7.84. The molecule has 0 atom stereocenters. The van der Waals surface area contributed by atoms with Crippen LogP contribution in [0.2, 0.25) is 0 Å². The van der Waals surface area contributed by atoms with Crippen molar-refractivity contribution in [1.82, 2.24) is 0 Å². The van der Waals surface area contributed by atoms with Crippen LogP contribution in [0.15, 0.2) is 0 Å². The molecule has 0 spiro atoms. The minimum absolute atomic E-state index is 0.0220. The van der Waals surface area contributed by atoms with Crippen molar-refractivity contribution in [1.29, 1.82) is 0 Å². The van der Waals surface area contributed by atoms with Gasteiger partial charge >= 0.3 is 0 Å². The monoisotopic (exact) mass is 251 g/mol. The summed E-state index contributed by atoms with van der Waals surface area (Å²) in [6, 6.07) is 0. The van der Waals surface area contributed by atoms with E-state index in [1.54, 1.807) is 11.3 Å². The van der Waals surface area contributed by atoms with Gasteiger partial charge in [0.05, 0.1) is 10.6 Å². The van der Waals surface area contributed by atoms with Crippen LogP contribution in [0.5, 0.6) is 0 Å². The average Bonchev–Trinajstić information content (AvgIpc) is 2.54. The fourth-order valence-corrected chi connectivity index (χ4v) is 4.04. The third-order valence-corrected chi connectivity index (χ3v) is 4.74. The number of hydrogen-bond acceptors (Lipinski definition) is 3. The predicted molar refractivity (Wildman–Crippen MR) is 73.9 cm³/mol. The molecule has 0 unspecified atom stereocenters. The van der Waals surface area contributed by atoms with E-state index in [9.17, 15) is 4.79 Å². The molecule has 0 bridgehead atoms. The van der Waals surface area contributed by atoms with Crippen molar-refractivity contribution < 1.29 is 4.79 Å². The Labute approximate surface area is 107 Å². The molecule has 0 saturated carbocycles. The first kappa shape index (κ1) is 12.6. The molecule has 0 radical (unpaired) electrons. The number of nitrogen functional groups attached to an aromatic ring is 1. The molecule has 0 aliphatic heterocycles. The average molecular weight is 251 g/mol. The Balaban J connectivity index is 2.61. The predicted octanol–water partition coefficient (Wildman–Crippen LogP) is 3.78. The quantitative estimate of drug-likeness (QED) is 0.813. The highest BCUT2D eigenvalue weighted by Crippen LogP contribution is 2.46. The van der Waals surface area contributed by atoms with Crippen molar-refractivity contribution >= 4 is 22.1 Å². The lowest BCUT2D eigenvalue weighted by atomic mass is 9.73. The van der Waals surface area contributed by atoms with E-state index in [-0.39, 0.29) is 17.1 Å². The van der Waals surface area contributed by atoms with Gasteiger partial charge in [-0.05, 0) is 30.2 Å². The number of ketones is 1. The first-order valence-corrected chi connectivity index (χ1v) is 7.12. The van der Waals surface area contributed by atoms with Gasteiger partial charge in [-0.2, -0.15) is 0 Å². The molecule has 94 valence electrons. The van der Waals surface area contributed by atoms with E-state index in [1.807, 2.05) is 13.8 Å². The van der Waals surface area contributed by atoms with Crippen LogP contribution in [0, 0.1) is 5.92 Å². The summed E-state index contributed by atoms with van der Waals surface area (Å²) in [5.74, 6) is 0.226. The SMILES string of the molecule is CC(C)C(=O)c1c(N)sc2c1C(C)(C)CCC2. The number of hydrogen-bond donors (Lipinski definition) is 1. The Morgan fingerprint density at radius 1 is 1.41 bits per heavy atom. The fourth-order valence-electron chi connectivity index (χ4n) is 2.74. The largest absolute Gasteiger partial charge is 0.390 e. The van der Waals surface area contributed by atoms with Gasteiger partial charge in [-0.1, -0.05) is 27.7 Å². The van der Waals surface area contributed by atoms with E-state index in [2.05, 4.69) is 13.8 Å². The zero-order valence-electron chi connectivity index (χ0n) is 11.1. The van der Waals surface area contributed by atoms with E-state index in [4.69, 9.17) is 5.73 Å². The molecule has 17 heavy (non-hydrogen) atoms. The third-order valence-electron chi connectivity index (χ3n) is 3.66. The van der Waals surface area contributed by atoms with Crippen LogP contribution in [-0.2, 0) is 11.8 Å². The van der Waals surface area contributed by atoms with Crippen molar-refractivity contribution in [3.63, 3.8) is 0 Å². The highest BCUT2D eigenvalue weighted by molar-refractivity contribution is 7.16. The van der Waals surface area contributed by atoms with Gasteiger partial charge < -0.3 is 5.73 Å². The Kier molecular flexibility index (Phi) is 3.06. The van der Waals surface area contributed by atoms with Crippen molar-refractivity contribution in [2.24, 2.45) is 5.92 Å². The summed E-state index contributed by atoms with van der Waals surface area (Å²) in [7, 11) is 0. The van der Waals surface area contributed by atoms with E-state index in [0.29, 0.717) is 0 Å². The Hall–Kier alpha value is -0.830. The summed E-state index contributed by atoms with van der Waals surface area (Å²) >= 11 is 1.62. The second-order valence-electron chi connectivity index (χ2n) is 5.90. The Morgan fingerprint density at radius 2 is 2.06 bits per heavy atom. The van der Waals surface area contributed by atoms with Crippen molar-refractivity contribution in [3.05, 3.63) is 16.0 Å². The molecule has 1 aliphatic carbocycles. The molecule has 1 aromatic heterocycles. The van der Waals surface area contributed by atoms with E-state index in [1.165, 1.54) is 16.9 Å². The Morgan fingerprint density at radius 3 is 2.65 bits per heavy atom. The molecule has 2 N–H and O–H groups in total. The minimum Gasteiger partial charge on any atom is -0.390 e. The van der Waals surface area contributed by atoms with Crippen molar-refractivity contribution in [2.45, 2.75) is 52.4 Å². The minimum atomic E-state index is 0.0220. The highest BCUT2D eigenvalue weighted by atomic mass is 32.1. The molecular formula is C14H21NOS. The molecule has 0 fully saturated rings. The lowest BCUT2D eigenvalue weighted by Gasteiger charge is -2.31. The summed E-state index contributed by atoms with van der Waals surface area (Å²) in [6.45, 7) is 8.35. The summed E-state index contributed by atoms with van der Waals surface area (Å²) in [5.41, 5.74) is 8.24. The number of aryl methyl sites for hydroxylation is 1. The number of anilines is 1. The summed E-state index contributed by atoms with van der Waals surface area (Å²) in [6.07, 6.45) is 3.43. The van der Waals surface area contributed by atoms with Gasteiger partial charge in [0.25, 0.3) is 0 Å². The smallest absolute Gasteiger partial charge is 0.168 e. The second-order valence-corrected chi connectivity index (χ2v) is 7.03. The van der Waals surface area contributed by atoms with Crippen LogP contribution in [0.3, 0.4) is 0 Å². The van der Waals surface area contributed by atoms with Gasteiger partial charge in [0.2, 0.25) is 0 Å². The van der Waals surface area contributed by atoms with Crippen LogP contribution in [0.25, 0.3) is 0 Å². The van der Waals surface area contributed by atoms with E-state index in [0.717, 1.165) is 23.4 Å². The molecule has 1 aliphatic rings. The first-order valence-electron chi connectivity index (χ1n) is 6.30. The normalized spacial score (nSPS) is 18.2. The van der Waals surface area contributed by atoms with Crippen molar-refractivity contribution in [3.8, 4) is 0 Å². The zero-order chi connectivity index (χ0) is 12.8. The van der Waals surface area contributed by atoms with Gasteiger partial charge in [0.15, 0.2) is 5.78 Å². The van der Waals surface area contributed by atoms with Crippen LogP contribution < -0.4 is 5.73 Å². The second kappa shape index (κ2) is 4.13. The standard InChI is InChI=1S/C14H21NOS/c1-8(2)12(16)10-11-9(17-13(10)15)6-5-7-14(11,3)4/h8H,5-7,15H2,1-4H3. The maximum absolute atomic E-state index is 12.3. The number of carbonyl (C=O) groups excluding carboxylic acids is 1. The molecule has 2 nitrogen and oxygen atoms in total. The zero-order valence-corrected chi connectivity index (χ0v) is 11.9. The number of carbonyl (C=O) groups is 1. The summed E-state index contributed by atoms with van der Waals surface area (Å²) in [5, 5.41) is 0.726. The summed E-state index contributed by atoms with van der Waals surface area (Å²) < 4.78 is 0. The Bertz CT molecular complexity index is 457. The number of rotatable bonds is 2. The van der Waals surface area contributed by atoms with Gasteiger partial charge in [-0.15, -0.1) is 11.3 Å². The molecule has 1 aromatic rings. The van der Waals surface area contributed by atoms with Crippen LogP contribution in [0.4, 0.5) is 5.00 Å². The lowest BCUT2D eigenvalue weighted by Crippen LogP contribution is -2.26. The van der Waals surface area contributed by atoms with E-state index < -0.39 is 0 Å². The maximum Gasteiger partial charge on any atom is 0.168 e. The van der Waals surface area contributed by atoms with Crippen LogP contribution in [0.1, 0.15) is 61.3 Å². The molecule has 0 aromatic carbocycles. The molecule has 1 heterocycles. The fraction of sp³-hybridized carbons (Fsp3) is 0.643. The summed E-state index contributed by atoms with van der Waals surface area (Å²) in [4.78, 5) is 13.6. The van der Waals surface area contributed by atoms with Gasteiger partial charge in [0.1, 0.15) is 0 Å². The maximum atomic E-state index is 12.3. The van der Waals surface area contributed by atoms with Crippen LogP contribution >= 0.6 is 11.3 Å². The number of fused-ring (bicyclic) bond motifs is 1. The number of thiophene rings is 1. The molecule has 0 saturated heterocycles. The lowest BCUT2D eigenvalue weighted by molar-refractivity contribution is 0.0938. The van der Waals surface area contributed by atoms with Gasteiger partial charge in [-0.25, -0.2) is 0 Å². The molecule has 2 rings (SSSR count). The van der Waals surface area contributed by atoms with Gasteiger partial charge in [-0.3, -0.25) is 4.79 Å². The molecule has 0 amide bonds. The van der Waals surface area contributed by atoms with Crippen molar-refractivity contribution in [2.75, 3.05) is 5.73 Å². The van der Waals surface area contributed by atoms with Crippen LogP contribution in [-0.4, -0.2) is 5.78 Å². The number of nitrogens with two attached hydrogens (primary N) is 1. The van der Waals surface area contributed by atoms with E-state index >= 15 is 0 Å².